The topological polar surface area (TPSA) is 80.2 Å². The van der Waals surface area contributed by atoms with E-state index in [1.54, 1.807) is 13.8 Å². The van der Waals surface area contributed by atoms with E-state index in [0.717, 1.165) is 45.0 Å². The Morgan fingerprint density at radius 2 is 2.08 bits per heavy atom. The summed E-state index contributed by atoms with van der Waals surface area (Å²) < 4.78 is 34.8. The van der Waals surface area contributed by atoms with E-state index < -0.39 is 14.6 Å². The van der Waals surface area contributed by atoms with Crippen LogP contribution in [0.3, 0.4) is 0 Å². The van der Waals surface area contributed by atoms with Crippen LogP contribution in [-0.4, -0.2) is 81.9 Å². The zero-order valence-corrected chi connectivity index (χ0v) is 16.6. The fourth-order valence-corrected chi connectivity index (χ4v) is 4.46. The molecule has 0 aliphatic carbocycles. The van der Waals surface area contributed by atoms with Gasteiger partial charge in [-0.1, -0.05) is 0 Å². The van der Waals surface area contributed by atoms with Crippen LogP contribution in [0, 0.1) is 0 Å². The molecule has 2 fully saturated rings. The van der Waals surface area contributed by atoms with Gasteiger partial charge in [0.25, 0.3) is 0 Å². The van der Waals surface area contributed by atoms with Gasteiger partial charge in [0.15, 0.2) is 15.8 Å². The van der Waals surface area contributed by atoms with Gasteiger partial charge in [-0.3, -0.25) is 4.99 Å². The van der Waals surface area contributed by atoms with Crippen LogP contribution < -0.4 is 5.32 Å². The van der Waals surface area contributed by atoms with E-state index in [-0.39, 0.29) is 5.75 Å². The normalized spacial score (nSPS) is 24.3. The van der Waals surface area contributed by atoms with Crippen molar-refractivity contribution in [1.29, 1.82) is 0 Å². The quantitative estimate of drug-likeness (QED) is 0.425. The lowest BCUT2D eigenvalue weighted by Gasteiger charge is -2.39. The van der Waals surface area contributed by atoms with Crippen LogP contribution in [0.15, 0.2) is 4.99 Å². The van der Waals surface area contributed by atoms with Gasteiger partial charge in [0.2, 0.25) is 0 Å². The van der Waals surface area contributed by atoms with E-state index >= 15 is 0 Å². The maximum absolute atomic E-state index is 12.2. The third kappa shape index (κ3) is 5.82. The number of guanidine groups is 1. The molecular weight excluding hydrogens is 342 g/mol. The molecule has 8 heteroatoms. The van der Waals surface area contributed by atoms with Crippen LogP contribution in [0.5, 0.6) is 0 Å². The molecule has 0 unspecified atom stereocenters. The number of hydrogen-bond donors (Lipinski definition) is 1. The predicted octanol–water partition coefficient (Wildman–Crippen LogP) is 1.05. The third-order valence-electron chi connectivity index (χ3n) is 4.76. The van der Waals surface area contributed by atoms with E-state index in [1.807, 2.05) is 6.92 Å². The molecule has 7 nitrogen and oxygen atoms in total. The number of nitrogens with one attached hydrogen (secondary N) is 1. The standard InChI is InChI=1S/C17H33N3O4S/c1-4-18-16(20-9-13-25(21,22)17(2,3)14-20)19-8-5-10-24-15-6-11-23-12-7-15/h15H,4-14H2,1-3H3,(H,18,19). The first kappa shape index (κ1) is 20.5. The fourth-order valence-electron chi connectivity index (χ4n) is 3.09. The summed E-state index contributed by atoms with van der Waals surface area (Å²) in [4.78, 5) is 6.72. The average molecular weight is 376 g/mol. The van der Waals surface area contributed by atoms with E-state index in [1.165, 1.54) is 0 Å². The minimum atomic E-state index is -3.04. The summed E-state index contributed by atoms with van der Waals surface area (Å²) >= 11 is 0. The zero-order valence-electron chi connectivity index (χ0n) is 15.8. The molecule has 25 heavy (non-hydrogen) atoms. The highest BCUT2D eigenvalue weighted by Crippen LogP contribution is 2.23. The van der Waals surface area contributed by atoms with Crippen LogP contribution in [0.25, 0.3) is 0 Å². The minimum absolute atomic E-state index is 0.178. The largest absolute Gasteiger partial charge is 0.381 e. The van der Waals surface area contributed by atoms with Crippen molar-refractivity contribution in [2.24, 2.45) is 4.99 Å². The Balaban J connectivity index is 1.81. The second-order valence-corrected chi connectivity index (χ2v) is 10.0. The van der Waals surface area contributed by atoms with Crippen molar-refractivity contribution >= 4 is 15.8 Å². The molecule has 2 rings (SSSR count). The van der Waals surface area contributed by atoms with Crippen molar-refractivity contribution in [3.8, 4) is 0 Å². The smallest absolute Gasteiger partial charge is 0.193 e. The number of sulfone groups is 1. The number of rotatable bonds is 6. The van der Waals surface area contributed by atoms with Gasteiger partial charge < -0.3 is 19.7 Å². The third-order valence-corrected chi connectivity index (χ3v) is 7.30. The maximum atomic E-state index is 12.2. The Labute approximate surface area is 152 Å². The monoisotopic (exact) mass is 375 g/mol. The first-order valence-electron chi connectivity index (χ1n) is 9.30. The molecule has 0 atom stereocenters. The molecule has 2 saturated heterocycles. The van der Waals surface area contributed by atoms with E-state index in [4.69, 9.17) is 9.47 Å². The average Bonchev–Trinajstić information content (AvgIpc) is 2.57. The number of nitrogens with zero attached hydrogens (tertiary/aromatic N) is 2. The molecule has 2 aliphatic rings. The van der Waals surface area contributed by atoms with Gasteiger partial charge in [0.05, 0.1) is 16.6 Å². The highest BCUT2D eigenvalue weighted by molar-refractivity contribution is 7.92. The highest BCUT2D eigenvalue weighted by atomic mass is 32.2. The maximum Gasteiger partial charge on any atom is 0.193 e. The molecule has 0 bridgehead atoms. The van der Waals surface area contributed by atoms with Gasteiger partial charge in [-0.2, -0.15) is 0 Å². The Kier molecular flexibility index (Phi) is 7.51. The summed E-state index contributed by atoms with van der Waals surface area (Å²) in [7, 11) is -3.04. The fraction of sp³-hybridized carbons (Fsp3) is 0.941. The zero-order chi connectivity index (χ0) is 18.3. The molecule has 0 saturated carbocycles. The first-order chi connectivity index (χ1) is 11.9. The van der Waals surface area contributed by atoms with Gasteiger partial charge in [0, 0.05) is 46.0 Å². The van der Waals surface area contributed by atoms with Crippen molar-refractivity contribution in [2.45, 2.75) is 50.9 Å². The summed E-state index contributed by atoms with van der Waals surface area (Å²) in [6.07, 6.45) is 3.13. The van der Waals surface area contributed by atoms with Crippen LogP contribution in [0.2, 0.25) is 0 Å². The molecule has 0 radical (unpaired) electrons. The van der Waals surface area contributed by atoms with Crippen molar-refractivity contribution < 1.29 is 17.9 Å². The van der Waals surface area contributed by atoms with Crippen LogP contribution in [0.4, 0.5) is 0 Å². The number of aliphatic imine (C=N–C) groups is 1. The number of hydrogen-bond acceptors (Lipinski definition) is 5. The molecule has 0 aromatic heterocycles. The van der Waals surface area contributed by atoms with Gasteiger partial charge >= 0.3 is 0 Å². The van der Waals surface area contributed by atoms with Gasteiger partial charge in [0.1, 0.15) is 0 Å². The Hall–Kier alpha value is -0.860. The predicted molar refractivity (Wildman–Crippen MR) is 99.8 cm³/mol. The van der Waals surface area contributed by atoms with Gasteiger partial charge in [-0.05, 0) is 40.0 Å². The first-order valence-corrected chi connectivity index (χ1v) is 11.0. The van der Waals surface area contributed by atoms with Crippen LogP contribution in [-0.2, 0) is 19.3 Å². The molecule has 2 aliphatic heterocycles. The molecule has 1 N–H and O–H groups in total. The molecule has 2 heterocycles. The highest BCUT2D eigenvalue weighted by Gasteiger charge is 2.40. The van der Waals surface area contributed by atoms with E-state index in [2.05, 4.69) is 15.2 Å². The Bertz CT molecular complexity index is 542. The summed E-state index contributed by atoms with van der Waals surface area (Å²) in [6.45, 7) is 10.3. The molecular formula is C17H33N3O4S. The lowest BCUT2D eigenvalue weighted by molar-refractivity contribution is -0.0318. The van der Waals surface area contributed by atoms with Crippen molar-refractivity contribution in [3.63, 3.8) is 0 Å². The van der Waals surface area contributed by atoms with Crippen LogP contribution >= 0.6 is 0 Å². The summed E-state index contributed by atoms with van der Waals surface area (Å²) in [6, 6.07) is 0. The Morgan fingerprint density at radius 3 is 2.72 bits per heavy atom. The van der Waals surface area contributed by atoms with Crippen molar-refractivity contribution in [1.82, 2.24) is 10.2 Å². The van der Waals surface area contributed by atoms with Gasteiger partial charge in [-0.15, -0.1) is 0 Å². The summed E-state index contributed by atoms with van der Waals surface area (Å²) in [5.74, 6) is 0.980. The van der Waals surface area contributed by atoms with Crippen molar-refractivity contribution in [3.05, 3.63) is 0 Å². The summed E-state index contributed by atoms with van der Waals surface area (Å²) in [5, 5.41) is 3.28. The lowest BCUT2D eigenvalue weighted by Crippen LogP contribution is -2.57. The van der Waals surface area contributed by atoms with E-state index in [9.17, 15) is 8.42 Å². The molecule has 146 valence electrons. The SMILES string of the molecule is CCNC(=NCCCOC1CCOCC1)N1CCS(=O)(=O)C(C)(C)C1. The second-order valence-electron chi connectivity index (χ2n) is 7.27. The molecule has 0 aromatic rings. The number of ether oxygens (including phenoxy) is 2. The second kappa shape index (κ2) is 9.19. The van der Waals surface area contributed by atoms with E-state index in [0.29, 0.717) is 32.3 Å². The molecule has 0 spiro atoms. The minimum Gasteiger partial charge on any atom is -0.381 e. The molecule has 0 aromatic carbocycles. The van der Waals surface area contributed by atoms with Crippen LogP contribution in [0.1, 0.15) is 40.0 Å². The lowest BCUT2D eigenvalue weighted by atomic mass is 10.1. The summed E-state index contributed by atoms with van der Waals surface area (Å²) in [5.41, 5.74) is 0. The molecule has 0 amide bonds. The Morgan fingerprint density at radius 1 is 1.36 bits per heavy atom. The van der Waals surface area contributed by atoms with Gasteiger partial charge in [-0.25, -0.2) is 8.42 Å². The van der Waals surface area contributed by atoms with Crippen molar-refractivity contribution in [2.75, 3.05) is 51.8 Å².